The molecule has 1 heterocycles. The lowest BCUT2D eigenvalue weighted by Gasteiger charge is -2.47. The third-order valence-electron chi connectivity index (χ3n) is 3.57. The monoisotopic (exact) mass is 208 g/mol. The fraction of sp³-hybridized carbons (Fsp3) is 0.667. The van der Waals surface area contributed by atoms with E-state index in [2.05, 4.69) is 24.3 Å². The maximum Gasteiger partial charge on any atom is 0.117 e. The molecule has 1 fully saturated rings. The Balaban J connectivity index is 1.77. The largest absolute Gasteiger partial charge is 0.468 e. The number of likely N-dealkylation sites (N-methyl/N-ethyl adjacent to an activating group) is 1. The summed E-state index contributed by atoms with van der Waals surface area (Å²) in [5.41, 5.74) is 0.395. The van der Waals surface area contributed by atoms with Crippen molar-refractivity contribution in [3.8, 4) is 0 Å². The highest BCUT2D eigenvalue weighted by Gasteiger charge is 2.38. The Bertz CT molecular complexity index is 289. The van der Waals surface area contributed by atoms with Crippen molar-refractivity contribution in [1.29, 1.82) is 0 Å². The summed E-state index contributed by atoms with van der Waals surface area (Å²) in [4.78, 5) is 2.35. The molecule has 1 aromatic rings. The van der Waals surface area contributed by atoms with Crippen LogP contribution < -0.4 is 5.32 Å². The van der Waals surface area contributed by atoms with E-state index in [0.29, 0.717) is 5.54 Å². The van der Waals surface area contributed by atoms with Crippen LogP contribution in [0.25, 0.3) is 0 Å². The fourth-order valence-electron chi connectivity index (χ4n) is 2.20. The van der Waals surface area contributed by atoms with Crippen molar-refractivity contribution in [2.24, 2.45) is 0 Å². The normalized spacial score (nSPS) is 19.1. The summed E-state index contributed by atoms with van der Waals surface area (Å²) in [5.74, 6) is 1.02. The fourth-order valence-corrected chi connectivity index (χ4v) is 2.20. The third-order valence-corrected chi connectivity index (χ3v) is 3.57. The molecule has 84 valence electrons. The maximum atomic E-state index is 5.28. The van der Waals surface area contributed by atoms with Crippen LogP contribution in [-0.4, -0.2) is 31.1 Å². The highest BCUT2D eigenvalue weighted by atomic mass is 16.3. The van der Waals surface area contributed by atoms with Crippen LogP contribution in [0, 0.1) is 0 Å². The molecule has 0 aliphatic heterocycles. The molecule has 1 N–H and O–H groups in total. The van der Waals surface area contributed by atoms with E-state index in [1.165, 1.54) is 19.3 Å². The van der Waals surface area contributed by atoms with E-state index in [0.717, 1.165) is 18.8 Å². The molecule has 0 atom stereocenters. The summed E-state index contributed by atoms with van der Waals surface area (Å²) < 4.78 is 5.28. The van der Waals surface area contributed by atoms with Crippen molar-refractivity contribution in [2.75, 3.05) is 20.6 Å². The van der Waals surface area contributed by atoms with E-state index in [1.54, 1.807) is 6.26 Å². The molecule has 15 heavy (non-hydrogen) atoms. The van der Waals surface area contributed by atoms with Gasteiger partial charge in [-0.2, -0.15) is 0 Å². The molecule has 0 radical (unpaired) electrons. The molecule has 0 saturated heterocycles. The first-order valence-electron chi connectivity index (χ1n) is 5.63. The van der Waals surface area contributed by atoms with Crippen molar-refractivity contribution in [2.45, 2.75) is 31.3 Å². The standard InChI is InChI=1S/C12H20N2O/c1-14(2)12(6-4-7-12)10-13-9-11-5-3-8-15-11/h3,5,8,13H,4,6-7,9-10H2,1-2H3. The quantitative estimate of drug-likeness (QED) is 0.800. The molecule has 1 aliphatic rings. The van der Waals surface area contributed by atoms with Gasteiger partial charge in [-0.3, -0.25) is 0 Å². The number of nitrogens with one attached hydrogen (secondary N) is 1. The highest BCUT2D eigenvalue weighted by Crippen LogP contribution is 2.35. The van der Waals surface area contributed by atoms with Crippen LogP contribution in [0.15, 0.2) is 22.8 Å². The van der Waals surface area contributed by atoms with Crippen LogP contribution in [-0.2, 0) is 6.54 Å². The zero-order valence-corrected chi connectivity index (χ0v) is 9.62. The SMILES string of the molecule is CN(C)C1(CNCc2ccco2)CCC1. The molecule has 3 heteroatoms. The average molecular weight is 208 g/mol. The number of hydrogen-bond donors (Lipinski definition) is 1. The Kier molecular flexibility index (Phi) is 3.12. The molecule has 1 aromatic heterocycles. The smallest absolute Gasteiger partial charge is 0.117 e. The molecule has 2 rings (SSSR count). The van der Waals surface area contributed by atoms with Crippen molar-refractivity contribution in [3.63, 3.8) is 0 Å². The summed E-state index contributed by atoms with van der Waals surface area (Å²) in [6.07, 6.45) is 5.71. The highest BCUT2D eigenvalue weighted by molar-refractivity contribution is 5.00. The number of nitrogens with zero attached hydrogens (tertiary/aromatic N) is 1. The van der Waals surface area contributed by atoms with Gasteiger partial charge in [0.05, 0.1) is 12.8 Å². The van der Waals surface area contributed by atoms with Gasteiger partial charge in [0.15, 0.2) is 0 Å². The third kappa shape index (κ3) is 2.24. The first-order valence-corrected chi connectivity index (χ1v) is 5.63. The molecule has 0 aromatic carbocycles. The lowest BCUT2D eigenvalue weighted by atomic mass is 9.75. The number of furan rings is 1. The summed E-state index contributed by atoms with van der Waals surface area (Å²) in [6.45, 7) is 1.89. The van der Waals surface area contributed by atoms with E-state index >= 15 is 0 Å². The lowest BCUT2D eigenvalue weighted by molar-refractivity contribution is 0.0593. The molecular formula is C12H20N2O. The van der Waals surface area contributed by atoms with E-state index in [4.69, 9.17) is 4.42 Å². The molecule has 3 nitrogen and oxygen atoms in total. The van der Waals surface area contributed by atoms with Crippen molar-refractivity contribution in [1.82, 2.24) is 10.2 Å². The van der Waals surface area contributed by atoms with E-state index in [1.807, 2.05) is 12.1 Å². The maximum absolute atomic E-state index is 5.28. The van der Waals surface area contributed by atoms with Gasteiger partial charge < -0.3 is 14.6 Å². The summed E-state index contributed by atoms with van der Waals surface area (Å²) in [6, 6.07) is 3.94. The molecular weight excluding hydrogens is 188 g/mol. The van der Waals surface area contributed by atoms with Gasteiger partial charge in [0.2, 0.25) is 0 Å². The molecule has 0 unspecified atom stereocenters. The van der Waals surface area contributed by atoms with Gasteiger partial charge in [0.1, 0.15) is 5.76 Å². The zero-order chi connectivity index (χ0) is 10.7. The minimum atomic E-state index is 0.395. The number of hydrogen-bond acceptors (Lipinski definition) is 3. The second-order valence-corrected chi connectivity index (χ2v) is 4.66. The Labute approximate surface area is 91.4 Å². The van der Waals surface area contributed by atoms with Crippen molar-refractivity contribution in [3.05, 3.63) is 24.2 Å². The van der Waals surface area contributed by atoms with Crippen LogP contribution in [0.2, 0.25) is 0 Å². The van der Waals surface area contributed by atoms with Gasteiger partial charge in [0, 0.05) is 12.1 Å². The van der Waals surface area contributed by atoms with Gasteiger partial charge in [-0.05, 0) is 45.5 Å². The Morgan fingerprint density at radius 2 is 2.27 bits per heavy atom. The predicted octanol–water partition coefficient (Wildman–Crippen LogP) is 1.85. The molecule has 1 aliphatic carbocycles. The van der Waals surface area contributed by atoms with Crippen LogP contribution in [0.3, 0.4) is 0 Å². The van der Waals surface area contributed by atoms with E-state index in [-0.39, 0.29) is 0 Å². The van der Waals surface area contributed by atoms with E-state index < -0.39 is 0 Å². The van der Waals surface area contributed by atoms with Gasteiger partial charge >= 0.3 is 0 Å². The summed E-state index contributed by atoms with van der Waals surface area (Å²) in [5, 5.41) is 3.48. The molecule has 0 amide bonds. The van der Waals surface area contributed by atoms with Gasteiger partial charge in [-0.15, -0.1) is 0 Å². The van der Waals surface area contributed by atoms with Crippen LogP contribution in [0.4, 0.5) is 0 Å². The number of rotatable bonds is 5. The molecule has 0 spiro atoms. The molecule has 1 saturated carbocycles. The first-order chi connectivity index (χ1) is 7.23. The predicted molar refractivity (Wildman–Crippen MR) is 60.7 cm³/mol. The van der Waals surface area contributed by atoms with Crippen molar-refractivity contribution < 1.29 is 4.42 Å². The van der Waals surface area contributed by atoms with Crippen LogP contribution >= 0.6 is 0 Å². The zero-order valence-electron chi connectivity index (χ0n) is 9.62. The molecule has 0 bridgehead atoms. The van der Waals surface area contributed by atoms with Gasteiger partial charge in [-0.1, -0.05) is 0 Å². The lowest BCUT2D eigenvalue weighted by Crippen LogP contribution is -2.56. The van der Waals surface area contributed by atoms with Gasteiger partial charge in [-0.25, -0.2) is 0 Å². The minimum Gasteiger partial charge on any atom is -0.468 e. The van der Waals surface area contributed by atoms with Crippen LogP contribution in [0.5, 0.6) is 0 Å². The topological polar surface area (TPSA) is 28.4 Å². The van der Waals surface area contributed by atoms with Crippen molar-refractivity contribution >= 4 is 0 Å². The Morgan fingerprint density at radius 3 is 2.73 bits per heavy atom. The Hall–Kier alpha value is -0.800. The van der Waals surface area contributed by atoms with Crippen LogP contribution in [0.1, 0.15) is 25.0 Å². The van der Waals surface area contributed by atoms with E-state index in [9.17, 15) is 0 Å². The summed E-state index contributed by atoms with van der Waals surface area (Å²) >= 11 is 0. The van der Waals surface area contributed by atoms with Gasteiger partial charge in [0.25, 0.3) is 0 Å². The average Bonchev–Trinajstić information content (AvgIpc) is 2.61. The minimum absolute atomic E-state index is 0.395. The second kappa shape index (κ2) is 4.37. The Morgan fingerprint density at radius 1 is 1.47 bits per heavy atom. The first kappa shape index (κ1) is 10.7. The second-order valence-electron chi connectivity index (χ2n) is 4.66. The summed E-state index contributed by atoms with van der Waals surface area (Å²) in [7, 11) is 4.35.